The molecule has 1 N–H and O–H groups in total. The largest absolute Gasteiger partial charge is 0.477 e. The fraction of sp³-hybridized carbons (Fsp3) is 0.0769. The summed E-state index contributed by atoms with van der Waals surface area (Å²) in [6, 6.07) is 5.08. The highest BCUT2D eigenvalue weighted by Gasteiger charge is 2.31. The molecule has 2 aromatic rings. The van der Waals surface area contributed by atoms with Crippen molar-refractivity contribution in [2.75, 3.05) is 0 Å². The molecule has 21 heavy (non-hydrogen) atoms. The standard InChI is InChI=1S/C13H7ClF3NO3/c14-9-4-3-7(13(15,16)17)6-10(9)21-11-8(12(19)20)2-1-5-18-11/h1-6H,(H,19,20). The maximum Gasteiger partial charge on any atom is 0.416 e. The maximum absolute atomic E-state index is 12.6. The average Bonchev–Trinajstić information content (AvgIpc) is 2.40. The fourth-order valence-electron chi connectivity index (χ4n) is 1.50. The van der Waals surface area contributed by atoms with Crippen LogP contribution in [0.5, 0.6) is 11.6 Å². The molecule has 1 aromatic heterocycles. The number of carbonyl (C=O) groups is 1. The monoisotopic (exact) mass is 317 g/mol. The minimum atomic E-state index is -4.57. The molecule has 0 atom stereocenters. The fourth-order valence-corrected chi connectivity index (χ4v) is 1.65. The van der Waals surface area contributed by atoms with Crippen LogP contribution in [0.1, 0.15) is 15.9 Å². The van der Waals surface area contributed by atoms with Gasteiger partial charge in [0, 0.05) is 6.20 Å². The topological polar surface area (TPSA) is 59.4 Å². The molecule has 4 nitrogen and oxygen atoms in total. The molecular weight excluding hydrogens is 311 g/mol. The molecule has 0 spiro atoms. The number of hydrogen-bond donors (Lipinski definition) is 1. The van der Waals surface area contributed by atoms with Crippen LogP contribution in [0.4, 0.5) is 13.2 Å². The minimum absolute atomic E-state index is 0.0926. The van der Waals surface area contributed by atoms with Crippen molar-refractivity contribution in [2.45, 2.75) is 6.18 Å². The molecule has 0 bridgehead atoms. The van der Waals surface area contributed by atoms with Gasteiger partial charge in [-0.1, -0.05) is 11.6 Å². The number of rotatable bonds is 3. The zero-order valence-electron chi connectivity index (χ0n) is 10.2. The van der Waals surface area contributed by atoms with Gasteiger partial charge in [-0.3, -0.25) is 0 Å². The number of ether oxygens (including phenoxy) is 1. The third-order valence-electron chi connectivity index (χ3n) is 2.47. The van der Waals surface area contributed by atoms with Gasteiger partial charge >= 0.3 is 12.1 Å². The Bertz CT molecular complexity index is 689. The van der Waals surface area contributed by atoms with Crippen molar-refractivity contribution in [1.29, 1.82) is 0 Å². The molecule has 8 heteroatoms. The molecule has 2 rings (SSSR count). The van der Waals surface area contributed by atoms with E-state index < -0.39 is 17.7 Å². The lowest BCUT2D eigenvalue weighted by molar-refractivity contribution is -0.137. The zero-order chi connectivity index (χ0) is 15.6. The first-order valence-corrected chi connectivity index (χ1v) is 5.90. The van der Waals surface area contributed by atoms with E-state index in [1.165, 1.54) is 18.3 Å². The van der Waals surface area contributed by atoms with Gasteiger partial charge < -0.3 is 9.84 Å². The van der Waals surface area contributed by atoms with E-state index in [0.29, 0.717) is 6.07 Å². The van der Waals surface area contributed by atoms with Crippen molar-refractivity contribution in [3.05, 3.63) is 52.7 Å². The SMILES string of the molecule is O=C(O)c1cccnc1Oc1cc(C(F)(F)F)ccc1Cl. The Morgan fingerprint density at radius 1 is 1.29 bits per heavy atom. The molecule has 1 aromatic carbocycles. The highest BCUT2D eigenvalue weighted by Crippen LogP contribution is 2.36. The van der Waals surface area contributed by atoms with Gasteiger partial charge in [0.25, 0.3) is 0 Å². The summed E-state index contributed by atoms with van der Waals surface area (Å²) >= 11 is 5.76. The average molecular weight is 318 g/mol. The van der Waals surface area contributed by atoms with E-state index in [9.17, 15) is 18.0 Å². The van der Waals surface area contributed by atoms with E-state index in [0.717, 1.165) is 12.1 Å². The molecule has 1 heterocycles. The molecule has 0 unspecified atom stereocenters. The summed E-state index contributed by atoms with van der Waals surface area (Å²) in [6.45, 7) is 0. The van der Waals surface area contributed by atoms with Gasteiger partial charge in [0.1, 0.15) is 11.3 Å². The number of halogens is 4. The number of benzene rings is 1. The highest BCUT2D eigenvalue weighted by atomic mass is 35.5. The Morgan fingerprint density at radius 3 is 2.62 bits per heavy atom. The third kappa shape index (κ3) is 3.43. The predicted octanol–water partition coefficient (Wildman–Crippen LogP) is 4.24. The normalized spacial score (nSPS) is 11.2. The van der Waals surface area contributed by atoms with Crippen molar-refractivity contribution in [1.82, 2.24) is 4.98 Å². The van der Waals surface area contributed by atoms with Crippen LogP contribution in [-0.2, 0) is 6.18 Å². The van der Waals surface area contributed by atoms with Crippen molar-refractivity contribution in [3.8, 4) is 11.6 Å². The first-order chi connectivity index (χ1) is 9.79. The summed E-state index contributed by atoms with van der Waals surface area (Å²) in [5.41, 5.74) is -1.25. The smallest absolute Gasteiger partial charge is 0.416 e. The number of carboxylic acid groups (broad SMARTS) is 1. The Hall–Kier alpha value is -2.28. The van der Waals surface area contributed by atoms with Crippen LogP contribution >= 0.6 is 11.6 Å². The molecular formula is C13H7ClF3NO3. The van der Waals surface area contributed by atoms with Crippen LogP contribution in [-0.4, -0.2) is 16.1 Å². The number of nitrogens with zero attached hydrogens (tertiary/aromatic N) is 1. The lowest BCUT2D eigenvalue weighted by atomic mass is 10.2. The molecule has 0 aliphatic heterocycles. The minimum Gasteiger partial charge on any atom is -0.477 e. The van der Waals surface area contributed by atoms with Crippen LogP contribution in [0.2, 0.25) is 5.02 Å². The summed E-state index contributed by atoms with van der Waals surface area (Å²) in [4.78, 5) is 14.7. The lowest BCUT2D eigenvalue weighted by Gasteiger charge is -2.12. The van der Waals surface area contributed by atoms with Gasteiger partial charge in [-0.15, -0.1) is 0 Å². The van der Waals surface area contributed by atoms with Crippen molar-refractivity contribution in [3.63, 3.8) is 0 Å². The van der Waals surface area contributed by atoms with E-state index in [4.69, 9.17) is 21.4 Å². The highest BCUT2D eigenvalue weighted by molar-refractivity contribution is 6.32. The Balaban J connectivity index is 2.43. The molecule has 0 amide bonds. The first-order valence-electron chi connectivity index (χ1n) is 5.52. The third-order valence-corrected chi connectivity index (χ3v) is 2.78. The van der Waals surface area contributed by atoms with Crippen LogP contribution in [0.25, 0.3) is 0 Å². The maximum atomic E-state index is 12.6. The number of carboxylic acids is 1. The van der Waals surface area contributed by atoms with Crippen molar-refractivity contribution >= 4 is 17.6 Å². The van der Waals surface area contributed by atoms with Crippen LogP contribution in [0, 0.1) is 0 Å². The van der Waals surface area contributed by atoms with Gasteiger partial charge in [0.2, 0.25) is 5.88 Å². The van der Waals surface area contributed by atoms with Gasteiger partial charge in [-0.05, 0) is 30.3 Å². The number of alkyl halides is 3. The van der Waals surface area contributed by atoms with Crippen molar-refractivity contribution < 1.29 is 27.8 Å². The van der Waals surface area contributed by atoms with Gasteiger partial charge in [0.15, 0.2) is 0 Å². The second-order valence-electron chi connectivity index (χ2n) is 3.91. The first kappa shape index (κ1) is 15.1. The molecule has 0 aliphatic carbocycles. The Kier molecular flexibility index (Phi) is 4.04. The van der Waals surface area contributed by atoms with Crippen LogP contribution in [0.3, 0.4) is 0 Å². The van der Waals surface area contributed by atoms with Gasteiger partial charge in [0.05, 0.1) is 10.6 Å². The summed E-state index contributed by atoms with van der Waals surface area (Å²) < 4.78 is 43.0. The quantitative estimate of drug-likeness (QED) is 0.919. The van der Waals surface area contributed by atoms with E-state index in [2.05, 4.69) is 4.98 Å². The summed E-state index contributed by atoms with van der Waals surface area (Å²) in [6.07, 6.45) is -3.31. The van der Waals surface area contributed by atoms with Crippen molar-refractivity contribution in [2.24, 2.45) is 0 Å². The molecule has 110 valence electrons. The van der Waals surface area contributed by atoms with E-state index in [-0.39, 0.29) is 22.2 Å². The summed E-state index contributed by atoms with van der Waals surface area (Å²) in [5, 5.41) is 8.87. The zero-order valence-corrected chi connectivity index (χ0v) is 10.9. The number of aromatic carboxylic acids is 1. The summed E-state index contributed by atoms with van der Waals surface area (Å²) in [7, 11) is 0. The van der Waals surface area contributed by atoms with Crippen LogP contribution < -0.4 is 4.74 Å². The number of pyridine rings is 1. The van der Waals surface area contributed by atoms with E-state index in [1.807, 2.05) is 0 Å². The predicted molar refractivity (Wildman–Crippen MR) is 67.7 cm³/mol. The van der Waals surface area contributed by atoms with E-state index in [1.54, 1.807) is 0 Å². The number of hydrogen-bond acceptors (Lipinski definition) is 3. The van der Waals surface area contributed by atoms with Crippen LogP contribution in [0.15, 0.2) is 36.5 Å². The Morgan fingerprint density at radius 2 is 2.00 bits per heavy atom. The van der Waals surface area contributed by atoms with E-state index >= 15 is 0 Å². The number of aromatic nitrogens is 1. The molecule has 0 aliphatic rings. The Labute approximate surface area is 121 Å². The molecule has 0 radical (unpaired) electrons. The van der Waals surface area contributed by atoms with Gasteiger partial charge in [-0.25, -0.2) is 9.78 Å². The molecule has 0 fully saturated rings. The molecule has 0 saturated carbocycles. The summed E-state index contributed by atoms with van der Waals surface area (Å²) in [5.74, 6) is -1.99. The second kappa shape index (κ2) is 5.61. The second-order valence-corrected chi connectivity index (χ2v) is 4.31. The lowest BCUT2D eigenvalue weighted by Crippen LogP contribution is -2.06. The van der Waals surface area contributed by atoms with Gasteiger partial charge in [-0.2, -0.15) is 13.2 Å². The molecule has 0 saturated heterocycles.